The summed E-state index contributed by atoms with van der Waals surface area (Å²) >= 11 is 0. The maximum atomic E-state index is 5.86. The van der Waals surface area contributed by atoms with Crippen molar-refractivity contribution in [2.24, 2.45) is 10.7 Å². The molecular formula is C15H22IN5O2. The van der Waals surface area contributed by atoms with Crippen molar-refractivity contribution in [3.05, 3.63) is 36.0 Å². The normalized spacial score (nSPS) is 11.2. The second-order valence-electron chi connectivity index (χ2n) is 5.04. The highest BCUT2D eigenvalue weighted by Gasteiger charge is 2.09. The van der Waals surface area contributed by atoms with Crippen LogP contribution in [0.2, 0.25) is 0 Å². The van der Waals surface area contributed by atoms with Crippen LogP contribution in [-0.4, -0.2) is 29.8 Å². The summed E-state index contributed by atoms with van der Waals surface area (Å²) in [5.74, 6) is 2.54. The Kier molecular flexibility index (Phi) is 7.79. The number of methoxy groups -OCH3 is 1. The predicted octanol–water partition coefficient (Wildman–Crippen LogP) is 2.79. The number of aromatic nitrogens is 2. The summed E-state index contributed by atoms with van der Waals surface area (Å²) in [6.45, 7) is 4.50. The van der Waals surface area contributed by atoms with Crippen LogP contribution in [0.1, 0.15) is 31.5 Å². The van der Waals surface area contributed by atoms with Gasteiger partial charge in [0.2, 0.25) is 5.89 Å². The van der Waals surface area contributed by atoms with Crippen LogP contribution in [0.25, 0.3) is 0 Å². The first-order valence-corrected chi connectivity index (χ1v) is 7.12. The van der Waals surface area contributed by atoms with E-state index >= 15 is 0 Å². The smallest absolute Gasteiger partial charge is 0.228 e. The molecule has 1 aromatic heterocycles. The van der Waals surface area contributed by atoms with Crippen LogP contribution >= 0.6 is 24.0 Å². The number of rotatable bonds is 6. The first kappa shape index (κ1) is 19.2. The average molecular weight is 431 g/mol. The van der Waals surface area contributed by atoms with Gasteiger partial charge < -0.3 is 20.3 Å². The molecule has 8 heteroatoms. The Balaban J connectivity index is 0.00000264. The second kappa shape index (κ2) is 9.33. The zero-order chi connectivity index (χ0) is 15.9. The number of anilines is 1. The van der Waals surface area contributed by atoms with E-state index in [0.29, 0.717) is 36.4 Å². The van der Waals surface area contributed by atoms with Crippen molar-refractivity contribution >= 4 is 35.6 Å². The Bertz CT molecular complexity index is 642. The fourth-order valence-electron chi connectivity index (χ4n) is 1.80. The van der Waals surface area contributed by atoms with Crippen LogP contribution < -0.4 is 15.8 Å². The van der Waals surface area contributed by atoms with Crippen LogP contribution in [0, 0.1) is 0 Å². The lowest BCUT2D eigenvalue weighted by atomic mass is 10.2. The van der Waals surface area contributed by atoms with E-state index in [2.05, 4.69) is 20.4 Å². The van der Waals surface area contributed by atoms with Crippen molar-refractivity contribution in [2.45, 2.75) is 26.2 Å². The molecule has 0 radical (unpaired) electrons. The van der Waals surface area contributed by atoms with Crippen molar-refractivity contribution in [2.75, 3.05) is 19.0 Å². The van der Waals surface area contributed by atoms with Crippen LogP contribution in [0.4, 0.5) is 5.69 Å². The lowest BCUT2D eigenvalue weighted by Crippen LogP contribution is -2.23. The molecule has 2 rings (SSSR count). The summed E-state index contributed by atoms with van der Waals surface area (Å²) in [7, 11) is 1.61. The SMILES string of the molecule is COc1ccccc1NC(N)=NCCc1nc(C(C)C)no1.I. The molecule has 23 heavy (non-hydrogen) atoms. The molecule has 0 saturated carbocycles. The molecule has 1 heterocycles. The van der Waals surface area contributed by atoms with Gasteiger partial charge in [0.05, 0.1) is 19.3 Å². The number of halogens is 1. The van der Waals surface area contributed by atoms with E-state index in [4.69, 9.17) is 15.0 Å². The highest BCUT2D eigenvalue weighted by atomic mass is 127. The first-order chi connectivity index (χ1) is 10.6. The molecule has 0 amide bonds. The second-order valence-corrected chi connectivity index (χ2v) is 5.04. The number of hydrogen-bond acceptors (Lipinski definition) is 5. The third-order valence-electron chi connectivity index (χ3n) is 2.98. The maximum Gasteiger partial charge on any atom is 0.228 e. The van der Waals surface area contributed by atoms with Gasteiger partial charge in [-0.05, 0) is 12.1 Å². The number of guanidine groups is 1. The Morgan fingerprint density at radius 1 is 1.39 bits per heavy atom. The molecule has 0 bridgehead atoms. The summed E-state index contributed by atoms with van der Waals surface area (Å²) in [6.07, 6.45) is 0.550. The van der Waals surface area contributed by atoms with Crippen molar-refractivity contribution < 1.29 is 9.26 Å². The van der Waals surface area contributed by atoms with Gasteiger partial charge >= 0.3 is 0 Å². The van der Waals surface area contributed by atoms with E-state index < -0.39 is 0 Å². The first-order valence-electron chi connectivity index (χ1n) is 7.12. The Labute approximate surface area is 152 Å². The van der Waals surface area contributed by atoms with Crippen molar-refractivity contribution in [3.8, 4) is 5.75 Å². The molecule has 0 unspecified atom stereocenters. The fraction of sp³-hybridized carbons (Fsp3) is 0.400. The summed E-state index contributed by atoms with van der Waals surface area (Å²) in [5.41, 5.74) is 6.63. The number of para-hydroxylation sites is 2. The highest BCUT2D eigenvalue weighted by molar-refractivity contribution is 14.0. The lowest BCUT2D eigenvalue weighted by molar-refractivity contribution is 0.372. The van der Waals surface area contributed by atoms with Gasteiger partial charge in [0.1, 0.15) is 5.75 Å². The van der Waals surface area contributed by atoms with Gasteiger partial charge in [0.25, 0.3) is 0 Å². The minimum Gasteiger partial charge on any atom is -0.495 e. The maximum absolute atomic E-state index is 5.86. The number of ether oxygens (including phenoxy) is 1. The molecule has 0 aliphatic carbocycles. The van der Waals surface area contributed by atoms with E-state index in [1.54, 1.807) is 7.11 Å². The van der Waals surface area contributed by atoms with Crippen LogP contribution in [-0.2, 0) is 6.42 Å². The van der Waals surface area contributed by atoms with Crippen LogP contribution in [0.3, 0.4) is 0 Å². The zero-order valence-electron chi connectivity index (χ0n) is 13.4. The van der Waals surface area contributed by atoms with E-state index in [1.807, 2.05) is 38.1 Å². The highest BCUT2D eigenvalue weighted by Crippen LogP contribution is 2.22. The molecule has 3 N–H and O–H groups in total. The number of nitrogens with zero attached hydrogens (tertiary/aromatic N) is 3. The van der Waals surface area contributed by atoms with Crippen molar-refractivity contribution in [1.29, 1.82) is 0 Å². The molecule has 1 aromatic carbocycles. The fourth-order valence-corrected chi connectivity index (χ4v) is 1.80. The largest absolute Gasteiger partial charge is 0.495 e. The molecule has 0 fully saturated rings. The number of nitrogens with one attached hydrogen (secondary N) is 1. The molecular weight excluding hydrogens is 409 g/mol. The molecule has 0 atom stereocenters. The number of nitrogens with two attached hydrogens (primary N) is 1. The van der Waals surface area contributed by atoms with Gasteiger partial charge in [-0.3, -0.25) is 4.99 Å². The summed E-state index contributed by atoms with van der Waals surface area (Å²) < 4.78 is 10.4. The topological polar surface area (TPSA) is 98.6 Å². The van der Waals surface area contributed by atoms with E-state index in [9.17, 15) is 0 Å². The molecule has 126 valence electrons. The third-order valence-corrected chi connectivity index (χ3v) is 2.98. The molecule has 0 aliphatic rings. The quantitative estimate of drug-likeness (QED) is 0.415. The molecule has 0 spiro atoms. The average Bonchev–Trinajstić information content (AvgIpc) is 2.97. The lowest BCUT2D eigenvalue weighted by Gasteiger charge is -2.09. The van der Waals surface area contributed by atoms with E-state index in [1.165, 1.54) is 0 Å². The minimum absolute atomic E-state index is 0. The van der Waals surface area contributed by atoms with Gasteiger partial charge in [-0.2, -0.15) is 4.98 Å². The van der Waals surface area contributed by atoms with Crippen molar-refractivity contribution in [1.82, 2.24) is 10.1 Å². The minimum atomic E-state index is 0. The molecule has 7 nitrogen and oxygen atoms in total. The predicted molar refractivity (Wildman–Crippen MR) is 101 cm³/mol. The third kappa shape index (κ3) is 5.70. The van der Waals surface area contributed by atoms with Gasteiger partial charge in [0, 0.05) is 12.3 Å². The van der Waals surface area contributed by atoms with Gasteiger partial charge in [-0.1, -0.05) is 31.1 Å². The Hall–Kier alpha value is -1.84. The van der Waals surface area contributed by atoms with Gasteiger partial charge in [-0.15, -0.1) is 24.0 Å². The summed E-state index contributed by atoms with van der Waals surface area (Å²) in [4.78, 5) is 8.53. The summed E-state index contributed by atoms with van der Waals surface area (Å²) in [6, 6.07) is 7.50. The molecule has 2 aromatic rings. The number of aliphatic imine (C=N–C) groups is 1. The van der Waals surface area contributed by atoms with Gasteiger partial charge in [0.15, 0.2) is 11.8 Å². The van der Waals surface area contributed by atoms with Crippen LogP contribution in [0.5, 0.6) is 5.75 Å². The van der Waals surface area contributed by atoms with E-state index in [-0.39, 0.29) is 29.9 Å². The Morgan fingerprint density at radius 3 is 2.78 bits per heavy atom. The standard InChI is InChI=1S/C15H21N5O2.HI/c1-10(2)14-19-13(22-20-14)8-9-17-15(16)18-11-6-4-5-7-12(11)21-3;/h4-7,10H,8-9H2,1-3H3,(H3,16,17,18);1H. The van der Waals surface area contributed by atoms with Crippen LogP contribution in [0.15, 0.2) is 33.8 Å². The molecule has 0 aliphatic heterocycles. The summed E-state index contributed by atoms with van der Waals surface area (Å²) in [5, 5.41) is 6.91. The number of benzene rings is 1. The Morgan fingerprint density at radius 2 is 2.13 bits per heavy atom. The monoisotopic (exact) mass is 431 g/mol. The zero-order valence-corrected chi connectivity index (χ0v) is 15.8. The molecule has 0 saturated heterocycles. The number of hydrogen-bond donors (Lipinski definition) is 2. The van der Waals surface area contributed by atoms with E-state index in [0.717, 1.165) is 5.69 Å². The van der Waals surface area contributed by atoms with Gasteiger partial charge in [-0.25, -0.2) is 0 Å². The van der Waals surface area contributed by atoms with Crippen molar-refractivity contribution in [3.63, 3.8) is 0 Å².